The molecule has 1 amide bonds. The highest BCUT2D eigenvalue weighted by atomic mass is 35.5. The Morgan fingerprint density at radius 2 is 2.14 bits per heavy atom. The average Bonchev–Trinajstić information content (AvgIpc) is 2.48. The van der Waals surface area contributed by atoms with E-state index in [4.69, 9.17) is 11.6 Å². The summed E-state index contributed by atoms with van der Waals surface area (Å²) in [6.07, 6.45) is 4.23. The number of amides is 1. The molecular weight excluding hydrogens is 286 g/mol. The summed E-state index contributed by atoms with van der Waals surface area (Å²) in [6.45, 7) is 3.28. The van der Waals surface area contributed by atoms with Crippen molar-refractivity contribution in [3.8, 4) is 0 Å². The van der Waals surface area contributed by atoms with Crippen LogP contribution in [0.15, 0.2) is 47.1 Å². The first-order valence-electron chi connectivity index (χ1n) is 7.11. The molecule has 1 aromatic carbocycles. The molecule has 0 saturated carbocycles. The number of alkyl halides is 1. The van der Waals surface area contributed by atoms with Crippen molar-refractivity contribution in [1.82, 2.24) is 5.32 Å². The molecule has 0 spiro atoms. The smallest absolute Gasteiger partial charge is 0.246 e. The van der Waals surface area contributed by atoms with Gasteiger partial charge in [-0.2, -0.15) is 0 Å². The maximum atomic E-state index is 12.8. The number of hydrogen-bond acceptors (Lipinski definition) is 3. The molecule has 1 aromatic rings. The highest BCUT2D eigenvalue weighted by Gasteiger charge is 2.44. The van der Waals surface area contributed by atoms with Crippen molar-refractivity contribution in [2.24, 2.45) is 4.99 Å². The number of para-hydroxylation sites is 1. The van der Waals surface area contributed by atoms with Gasteiger partial charge in [0, 0.05) is 37.1 Å². The number of nitrogens with zero attached hydrogens (tertiary/aromatic N) is 2. The van der Waals surface area contributed by atoms with Crippen LogP contribution >= 0.6 is 11.6 Å². The minimum absolute atomic E-state index is 0.0156. The van der Waals surface area contributed by atoms with Crippen LogP contribution in [-0.2, 0) is 4.79 Å². The lowest BCUT2D eigenvalue weighted by molar-refractivity contribution is -0.122. The molecule has 0 aliphatic carbocycles. The summed E-state index contributed by atoms with van der Waals surface area (Å²) < 4.78 is 0. The first-order valence-corrected chi connectivity index (χ1v) is 7.49. The molecule has 2 atom stereocenters. The van der Waals surface area contributed by atoms with E-state index in [0.29, 0.717) is 13.0 Å². The average molecular weight is 304 g/mol. The molecule has 4 nitrogen and oxygen atoms in total. The van der Waals surface area contributed by atoms with Crippen LogP contribution in [0.2, 0.25) is 0 Å². The molecule has 1 fully saturated rings. The number of anilines is 1. The Kier molecular flexibility index (Phi) is 3.83. The van der Waals surface area contributed by atoms with Crippen LogP contribution in [0.1, 0.15) is 13.3 Å². The second-order valence-electron chi connectivity index (χ2n) is 5.44. The van der Waals surface area contributed by atoms with Crippen LogP contribution in [0.5, 0.6) is 0 Å². The summed E-state index contributed by atoms with van der Waals surface area (Å²) in [6, 6.07) is 9.28. The van der Waals surface area contributed by atoms with Gasteiger partial charge in [-0.1, -0.05) is 18.2 Å². The molecule has 0 radical (unpaired) electrons. The quantitative estimate of drug-likeness (QED) is 0.852. The van der Waals surface area contributed by atoms with Crippen LogP contribution in [0.3, 0.4) is 0 Å². The summed E-state index contributed by atoms with van der Waals surface area (Å²) in [7, 11) is 0. The van der Waals surface area contributed by atoms with E-state index in [1.165, 1.54) is 0 Å². The predicted molar refractivity (Wildman–Crippen MR) is 86.0 cm³/mol. The van der Waals surface area contributed by atoms with Gasteiger partial charge in [-0.15, -0.1) is 11.6 Å². The number of nitrogens with one attached hydrogen (secondary N) is 1. The minimum atomic E-state index is -0.740. The van der Waals surface area contributed by atoms with E-state index in [1.54, 1.807) is 11.1 Å². The first kappa shape index (κ1) is 14.3. The lowest BCUT2D eigenvalue weighted by atomic mass is 9.90. The molecule has 0 bridgehead atoms. The molecule has 1 saturated heterocycles. The van der Waals surface area contributed by atoms with Crippen LogP contribution in [-0.4, -0.2) is 36.1 Å². The number of allylic oxidation sites excluding steroid dienone is 1. The van der Waals surface area contributed by atoms with Crippen molar-refractivity contribution < 1.29 is 4.79 Å². The molecule has 110 valence electrons. The Morgan fingerprint density at radius 3 is 2.86 bits per heavy atom. The summed E-state index contributed by atoms with van der Waals surface area (Å²) in [4.78, 5) is 18.1. The second kappa shape index (κ2) is 5.62. The van der Waals surface area contributed by atoms with E-state index >= 15 is 0 Å². The standard InChI is InChI=1S/C16H18ClN3O/c1-12-11-16(17,7-8-18-12)14-15(21)20(10-9-19-14)13-5-3-2-4-6-13/h2-6,8,11,14,19H,7,9-10H2,1H3. The van der Waals surface area contributed by atoms with Gasteiger partial charge in [0.15, 0.2) is 0 Å². The molecule has 2 aliphatic heterocycles. The topological polar surface area (TPSA) is 44.7 Å². The van der Waals surface area contributed by atoms with Gasteiger partial charge in [-0.25, -0.2) is 0 Å². The third-order valence-corrected chi connectivity index (χ3v) is 4.37. The Bertz CT molecular complexity index is 599. The van der Waals surface area contributed by atoms with Gasteiger partial charge in [-0.05, 0) is 25.1 Å². The molecule has 2 unspecified atom stereocenters. The van der Waals surface area contributed by atoms with Crippen molar-refractivity contribution >= 4 is 29.4 Å². The van der Waals surface area contributed by atoms with Gasteiger partial charge < -0.3 is 10.2 Å². The number of carbonyl (C=O) groups excluding carboxylic acids is 1. The van der Waals surface area contributed by atoms with Crippen LogP contribution in [0.4, 0.5) is 5.69 Å². The molecule has 21 heavy (non-hydrogen) atoms. The Hall–Kier alpha value is -1.65. The number of carbonyl (C=O) groups is 1. The fourth-order valence-electron chi connectivity index (χ4n) is 2.89. The maximum absolute atomic E-state index is 12.8. The maximum Gasteiger partial charge on any atom is 0.246 e. The highest BCUT2D eigenvalue weighted by Crippen LogP contribution is 2.33. The fraction of sp³-hybridized carbons (Fsp3) is 0.375. The van der Waals surface area contributed by atoms with Crippen molar-refractivity contribution in [3.63, 3.8) is 0 Å². The zero-order valence-corrected chi connectivity index (χ0v) is 12.7. The fourth-order valence-corrected chi connectivity index (χ4v) is 3.28. The highest BCUT2D eigenvalue weighted by molar-refractivity contribution is 6.29. The van der Waals surface area contributed by atoms with Crippen LogP contribution in [0, 0.1) is 0 Å². The molecule has 0 aromatic heterocycles. The van der Waals surface area contributed by atoms with Gasteiger partial charge in [0.1, 0.15) is 6.04 Å². The van der Waals surface area contributed by atoms with Crippen molar-refractivity contribution in [1.29, 1.82) is 0 Å². The molecule has 2 heterocycles. The normalized spacial score (nSPS) is 29.4. The van der Waals surface area contributed by atoms with E-state index in [0.717, 1.165) is 17.9 Å². The van der Waals surface area contributed by atoms with Gasteiger partial charge in [0.25, 0.3) is 0 Å². The lowest BCUT2D eigenvalue weighted by Crippen LogP contribution is -2.63. The van der Waals surface area contributed by atoms with Gasteiger partial charge in [0.2, 0.25) is 5.91 Å². The number of rotatable bonds is 2. The molecule has 5 heteroatoms. The lowest BCUT2D eigenvalue weighted by Gasteiger charge is -2.40. The molecule has 1 N–H and O–H groups in total. The monoisotopic (exact) mass is 303 g/mol. The summed E-state index contributed by atoms with van der Waals surface area (Å²) in [5, 5.41) is 3.27. The van der Waals surface area contributed by atoms with Crippen LogP contribution in [0.25, 0.3) is 0 Å². The van der Waals surface area contributed by atoms with Crippen molar-refractivity contribution in [2.45, 2.75) is 24.3 Å². The van der Waals surface area contributed by atoms with E-state index < -0.39 is 10.9 Å². The van der Waals surface area contributed by atoms with Crippen LogP contribution < -0.4 is 10.2 Å². The van der Waals surface area contributed by atoms with Crippen molar-refractivity contribution in [2.75, 3.05) is 18.0 Å². The van der Waals surface area contributed by atoms with Crippen molar-refractivity contribution in [3.05, 3.63) is 42.1 Å². The van der Waals surface area contributed by atoms with E-state index in [-0.39, 0.29) is 5.91 Å². The predicted octanol–water partition coefficient (Wildman–Crippen LogP) is 2.35. The second-order valence-corrected chi connectivity index (χ2v) is 6.14. The third kappa shape index (κ3) is 2.74. The summed E-state index contributed by atoms with van der Waals surface area (Å²) in [5.41, 5.74) is 1.77. The number of halogens is 1. The van der Waals surface area contributed by atoms with Gasteiger partial charge in [0.05, 0.1) is 4.87 Å². The molecule has 2 aliphatic rings. The van der Waals surface area contributed by atoms with Gasteiger partial charge >= 0.3 is 0 Å². The Balaban J connectivity index is 1.88. The Morgan fingerprint density at radius 1 is 1.38 bits per heavy atom. The molecular formula is C16H18ClN3O. The SMILES string of the molecule is CC1=CC(Cl)(C2NCCN(c3ccccc3)C2=O)CC=N1. The Labute approximate surface area is 129 Å². The van der Waals surface area contributed by atoms with Gasteiger partial charge in [-0.3, -0.25) is 9.79 Å². The van der Waals surface area contributed by atoms with E-state index in [1.807, 2.05) is 43.3 Å². The number of hydrogen-bond donors (Lipinski definition) is 1. The molecule has 3 rings (SSSR count). The summed E-state index contributed by atoms with van der Waals surface area (Å²) in [5.74, 6) is 0.0156. The van der Waals surface area contributed by atoms with E-state index in [2.05, 4.69) is 10.3 Å². The first-order chi connectivity index (χ1) is 10.1. The number of aliphatic imine (C=N–C) groups is 1. The summed E-state index contributed by atoms with van der Waals surface area (Å²) >= 11 is 6.72. The number of benzene rings is 1. The van der Waals surface area contributed by atoms with E-state index in [9.17, 15) is 4.79 Å². The zero-order valence-electron chi connectivity index (χ0n) is 11.9. The third-order valence-electron chi connectivity index (χ3n) is 3.89. The largest absolute Gasteiger partial charge is 0.310 e. The number of piperazine rings is 1. The zero-order chi connectivity index (χ0) is 14.9. The minimum Gasteiger partial charge on any atom is -0.310 e.